The maximum atomic E-state index is 12.0. The Morgan fingerprint density at radius 3 is 2.69 bits per heavy atom. The second-order valence-corrected chi connectivity index (χ2v) is 3.47. The van der Waals surface area contributed by atoms with Crippen LogP contribution in [0.5, 0.6) is 0 Å². The van der Waals surface area contributed by atoms with Gasteiger partial charge in [0.2, 0.25) is 0 Å². The number of aryl methyl sites for hydroxylation is 2. The molecular formula is C10H11N5O. The SMILES string of the molecule is Cc1cc(C)n(C(=O)c2cncc(N)n2)n1. The van der Waals surface area contributed by atoms with E-state index < -0.39 is 0 Å². The number of hydrogen-bond donors (Lipinski definition) is 1. The van der Waals surface area contributed by atoms with E-state index >= 15 is 0 Å². The third-order valence-corrected chi connectivity index (χ3v) is 2.07. The lowest BCUT2D eigenvalue weighted by Crippen LogP contribution is -2.17. The van der Waals surface area contributed by atoms with Crippen LogP contribution in [0.2, 0.25) is 0 Å². The molecule has 2 rings (SSSR count). The first-order chi connectivity index (χ1) is 7.58. The van der Waals surface area contributed by atoms with Crippen LogP contribution in [0.15, 0.2) is 18.5 Å². The van der Waals surface area contributed by atoms with E-state index in [2.05, 4.69) is 15.1 Å². The molecule has 0 aliphatic heterocycles. The standard InChI is InChI=1S/C10H11N5O/c1-6-3-7(2)15(14-6)10(16)8-4-12-5-9(11)13-8/h3-5H,1-2H3,(H2,11,13). The summed E-state index contributed by atoms with van der Waals surface area (Å²) in [5.74, 6) is -0.113. The van der Waals surface area contributed by atoms with Crippen molar-refractivity contribution in [1.29, 1.82) is 0 Å². The van der Waals surface area contributed by atoms with Crippen molar-refractivity contribution in [3.63, 3.8) is 0 Å². The van der Waals surface area contributed by atoms with Crippen LogP contribution in [0.3, 0.4) is 0 Å². The van der Waals surface area contributed by atoms with Gasteiger partial charge in [0.25, 0.3) is 5.91 Å². The van der Waals surface area contributed by atoms with E-state index in [0.29, 0.717) is 0 Å². The van der Waals surface area contributed by atoms with Crippen LogP contribution in [0.1, 0.15) is 21.9 Å². The molecule has 0 bridgehead atoms. The van der Waals surface area contributed by atoms with Gasteiger partial charge < -0.3 is 5.73 Å². The number of anilines is 1. The topological polar surface area (TPSA) is 86.7 Å². The van der Waals surface area contributed by atoms with Crippen LogP contribution in [0.4, 0.5) is 5.82 Å². The summed E-state index contributed by atoms with van der Waals surface area (Å²) in [6.07, 6.45) is 2.76. The molecule has 0 amide bonds. The zero-order valence-electron chi connectivity index (χ0n) is 9.01. The van der Waals surface area contributed by atoms with Gasteiger partial charge in [-0.2, -0.15) is 9.78 Å². The molecule has 0 saturated carbocycles. The van der Waals surface area contributed by atoms with E-state index in [-0.39, 0.29) is 17.4 Å². The molecule has 2 heterocycles. The molecule has 0 unspecified atom stereocenters. The van der Waals surface area contributed by atoms with Crippen molar-refractivity contribution < 1.29 is 4.79 Å². The van der Waals surface area contributed by atoms with Crippen molar-refractivity contribution in [1.82, 2.24) is 19.7 Å². The smallest absolute Gasteiger partial charge is 0.298 e. The summed E-state index contributed by atoms with van der Waals surface area (Å²) in [5.41, 5.74) is 7.19. The fourth-order valence-corrected chi connectivity index (χ4v) is 1.43. The number of nitrogens with two attached hydrogens (primary N) is 1. The molecule has 16 heavy (non-hydrogen) atoms. The first kappa shape index (κ1) is 10.3. The molecule has 0 saturated heterocycles. The third-order valence-electron chi connectivity index (χ3n) is 2.07. The van der Waals surface area contributed by atoms with Crippen LogP contribution in [0, 0.1) is 13.8 Å². The normalized spacial score (nSPS) is 10.4. The van der Waals surface area contributed by atoms with Crippen LogP contribution in [-0.2, 0) is 0 Å². The van der Waals surface area contributed by atoms with E-state index in [1.54, 1.807) is 6.92 Å². The average molecular weight is 217 g/mol. The minimum atomic E-state index is -0.328. The monoisotopic (exact) mass is 217 g/mol. The molecule has 0 aromatic carbocycles. The predicted octanol–water partition coefficient (Wildman–Crippen LogP) is 0.561. The Hall–Kier alpha value is -2.24. The summed E-state index contributed by atoms with van der Waals surface area (Å²) in [4.78, 5) is 19.7. The minimum absolute atomic E-state index is 0.186. The lowest BCUT2D eigenvalue weighted by atomic mass is 10.4. The molecule has 2 aromatic heterocycles. The van der Waals surface area contributed by atoms with Gasteiger partial charge >= 0.3 is 0 Å². The van der Waals surface area contributed by atoms with Gasteiger partial charge in [0.15, 0.2) is 5.69 Å². The number of hydrogen-bond acceptors (Lipinski definition) is 5. The van der Waals surface area contributed by atoms with E-state index in [1.165, 1.54) is 17.1 Å². The zero-order chi connectivity index (χ0) is 11.7. The maximum absolute atomic E-state index is 12.0. The largest absolute Gasteiger partial charge is 0.382 e. The molecule has 6 nitrogen and oxygen atoms in total. The van der Waals surface area contributed by atoms with Gasteiger partial charge in [0, 0.05) is 5.69 Å². The van der Waals surface area contributed by atoms with Crippen molar-refractivity contribution in [3.05, 3.63) is 35.5 Å². The van der Waals surface area contributed by atoms with Crippen LogP contribution in [0.25, 0.3) is 0 Å². The summed E-state index contributed by atoms with van der Waals surface area (Å²) in [7, 11) is 0. The second kappa shape index (κ2) is 3.73. The molecule has 0 atom stereocenters. The van der Waals surface area contributed by atoms with Gasteiger partial charge in [-0.3, -0.25) is 9.78 Å². The lowest BCUT2D eigenvalue weighted by molar-refractivity contribution is 0.0937. The highest BCUT2D eigenvalue weighted by Crippen LogP contribution is 2.06. The van der Waals surface area contributed by atoms with Crippen molar-refractivity contribution >= 4 is 11.7 Å². The Bertz CT molecular complexity index is 546. The Balaban J connectivity index is 2.43. The maximum Gasteiger partial charge on any atom is 0.298 e. The van der Waals surface area contributed by atoms with E-state index in [1.807, 2.05) is 13.0 Å². The van der Waals surface area contributed by atoms with E-state index in [0.717, 1.165) is 11.4 Å². The average Bonchev–Trinajstić information content (AvgIpc) is 2.57. The van der Waals surface area contributed by atoms with Crippen molar-refractivity contribution in [3.8, 4) is 0 Å². The molecule has 0 aliphatic carbocycles. The zero-order valence-corrected chi connectivity index (χ0v) is 9.01. The molecule has 6 heteroatoms. The number of carbonyl (C=O) groups excluding carboxylic acids is 1. The van der Waals surface area contributed by atoms with Crippen LogP contribution < -0.4 is 5.73 Å². The highest BCUT2D eigenvalue weighted by atomic mass is 16.2. The number of aromatic nitrogens is 4. The number of carbonyl (C=O) groups is 1. The summed E-state index contributed by atoms with van der Waals surface area (Å²) in [6.45, 7) is 3.62. The fourth-order valence-electron chi connectivity index (χ4n) is 1.43. The number of nitrogen functional groups attached to an aromatic ring is 1. The van der Waals surface area contributed by atoms with Crippen LogP contribution in [-0.4, -0.2) is 25.7 Å². The lowest BCUT2D eigenvalue weighted by Gasteiger charge is -2.02. The summed E-state index contributed by atoms with van der Waals surface area (Å²) in [5, 5.41) is 4.07. The predicted molar refractivity (Wildman–Crippen MR) is 57.9 cm³/mol. The molecule has 0 radical (unpaired) electrons. The summed E-state index contributed by atoms with van der Waals surface area (Å²) >= 11 is 0. The third kappa shape index (κ3) is 1.77. The summed E-state index contributed by atoms with van der Waals surface area (Å²) in [6, 6.07) is 1.82. The molecular weight excluding hydrogens is 206 g/mol. The molecule has 0 fully saturated rings. The molecule has 82 valence electrons. The van der Waals surface area contributed by atoms with E-state index in [4.69, 9.17) is 5.73 Å². The fraction of sp³-hybridized carbons (Fsp3) is 0.200. The molecule has 2 aromatic rings. The van der Waals surface area contributed by atoms with Gasteiger partial charge in [-0.05, 0) is 19.9 Å². The van der Waals surface area contributed by atoms with Gasteiger partial charge in [-0.25, -0.2) is 4.98 Å². The highest BCUT2D eigenvalue weighted by Gasteiger charge is 2.14. The number of nitrogens with zero attached hydrogens (tertiary/aromatic N) is 4. The minimum Gasteiger partial charge on any atom is -0.382 e. The Morgan fingerprint density at radius 1 is 1.38 bits per heavy atom. The Morgan fingerprint density at radius 2 is 2.12 bits per heavy atom. The second-order valence-electron chi connectivity index (χ2n) is 3.47. The summed E-state index contributed by atoms with van der Waals surface area (Å²) < 4.78 is 1.29. The number of rotatable bonds is 1. The van der Waals surface area contributed by atoms with Crippen molar-refractivity contribution in [2.75, 3.05) is 5.73 Å². The highest BCUT2D eigenvalue weighted by molar-refractivity contribution is 5.93. The molecule has 0 aliphatic rings. The van der Waals surface area contributed by atoms with Gasteiger partial charge in [-0.15, -0.1) is 0 Å². The molecule has 2 N–H and O–H groups in total. The molecule has 0 spiro atoms. The Labute approximate surface area is 92.1 Å². The van der Waals surface area contributed by atoms with E-state index in [9.17, 15) is 4.79 Å². The Kier molecular flexibility index (Phi) is 2.40. The van der Waals surface area contributed by atoms with Gasteiger partial charge in [0.1, 0.15) is 5.82 Å². The first-order valence-corrected chi connectivity index (χ1v) is 4.73. The van der Waals surface area contributed by atoms with Crippen LogP contribution >= 0.6 is 0 Å². The quantitative estimate of drug-likeness (QED) is 0.754. The van der Waals surface area contributed by atoms with Crippen molar-refractivity contribution in [2.24, 2.45) is 0 Å². The first-order valence-electron chi connectivity index (χ1n) is 4.73. The van der Waals surface area contributed by atoms with Gasteiger partial charge in [-0.1, -0.05) is 0 Å². The van der Waals surface area contributed by atoms with Gasteiger partial charge in [0.05, 0.1) is 18.1 Å². The van der Waals surface area contributed by atoms with Crippen molar-refractivity contribution in [2.45, 2.75) is 13.8 Å².